The average Bonchev–Trinajstić information content (AvgIpc) is 3.14. The van der Waals surface area contributed by atoms with E-state index in [0.717, 1.165) is 10.0 Å². The van der Waals surface area contributed by atoms with Crippen LogP contribution >= 0.6 is 15.9 Å². The third-order valence-corrected chi connectivity index (χ3v) is 4.16. The molecule has 148 valence electrons. The Morgan fingerprint density at radius 1 is 1.28 bits per heavy atom. The summed E-state index contributed by atoms with van der Waals surface area (Å²) in [7, 11) is 0. The lowest BCUT2D eigenvalue weighted by Crippen LogP contribution is -2.15. The Bertz CT molecular complexity index is 1080. The van der Waals surface area contributed by atoms with Crippen LogP contribution < -0.4 is 16.2 Å². The summed E-state index contributed by atoms with van der Waals surface area (Å²) in [6.45, 7) is 0.262. The van der Waals surface area contributed by atoms with Crippen molar-refractivity contribution >= 4 is 39.5 Å². The molecule has 0 aliphatic carbocycles. The molecule has 0 atom stereocenters. The maximum atomic E-state index is 11.1. The van der Waals surface area contributed by atoms with Gasteiger partial charge in [-0.15, -0.1) is 5.10 Å². The summed E-state index contributed by atoms with van der Waals surface area (Å²) in [6.07, 6.45) is 1.28. The Morgan fingerprint density at radius 3 is 2.69 bits per heavy atom. The summed E-state index contributed by atoms with van der Waals surface area (Å²) in [6, 6.07) is 11.7. The lowest BCUT2D eigenvalue weighted by Gasteiger charge is -2.09. The van der Waals surface area contributed by atoms with Gasteiger partial charge in [0.25, 0.3) is 5.69 Å². The van der Waals surface area contributed by atoms with Crippen molar-refractivity contribution in [3.8, 4) is 5.75 Å². The molecule has 1 heterocycles. The van der Waals surface area contributed by atoms with E-state index in [1.807, 2.05) is 24.3 Å². The molecule has 0 unspecified atom stereocenters. The van der Waals surface area contributed by atoms with Crippen LogP contribution in [0.5, 0.6) is 5.75 Å². The van der Waals surface area contributed by atoms with Crippen molar-refractivity contribution in [2.45, 2.75) is 6.61 Å². The molecule has 2 aromatic carbocycles. The second-order valence-electron chi connectivity index (χ2n) is 5.62. The van der Waals surface area contributed by atoms with Gasteiger partial charge < -0.3 is 16.2 Å². The molecule has 11 nitrogen and oxygen atoms in total. The topological polar surface area (TPSA) is 168 Å². The molecule has 12 heteroatoms. The molecule has 3 rings (SSSR count). The number of amidine groups is 1. The Balaban J connectivity index is 1.82. The molecule has 0 aliphatic rings. The molecule has 0 spiro atoms. The molecule has 29 heavy (non-hydrogen) atoms. The first kappa shape index (κ1) is 19.9. The molecule has 0 bridgehead atoms. The minimum absolute atomic E-state index is 0.0321. The number of nitrogens with two attached hydrogens (primary N) is 2. The van der Waals surface area contributed by atoms with E-state index in [1.54, 1.807) is 0 Å². The van der Waals surface area contributed by atoms with E-state index in [0.29, 0.717) is 11.3 Å². The highest BCUT2D eigenvalue weighted by Gasteiger charge is 2.12. The van der Waals surface area contributed by atoms with Gasteiger partial charge in [-0.1, -0.05) is 28.1 Å². The largest absolute Gasteiger partial charge is 0.488 e. The highest BCUT2D eigenvalue weighted by molar-refractivity contribution is 9.10. The van der Waals surface area contributed by atoms with Crippen molar-refractivity contribution in [3.05, 3.63) is 73.9 Å². The van der Waals surface area contributed by atoms with E-state index >= 15 is 0 Å². The zero-order chi connectivity index (χ0) is 20.8. The van der Waals surface area contributed by atoms with Gasteiger partial charge >= 0.3 is 0 Å². The number of nitrogens with zero attached hydrogens (tertiary/aromatic N) is 5. The smallest absolute Gasteiger partial charge is 0.270 e. The fraction of sp³-hybridized carbons (Fsp3) is 0.0588. The van der Waals surface area contributed by atoms with Gasteiger partial charge in [-0.05, 0) is 34.1 Å². The minimum atomic E-state index is -0.519. The Hall–Kier alpha value is -3.80. The normalized spacial score (nSPS) is 11.7. The molecule has 0 saturated heterocycles. The number of benzene rings is 2. The second kappa shape index (κ2) is 8.93. The van der Waals surface area contributed by atoms with Gasteiger partial charge in [-0.2, -0.15) is 5.10 Å². The SMILES string of the molecule is N/C(=N\N=Cc1cc([N+](=O)[O-])ccc1OCc1ccc(Br)cc1)c1nonc1N. The van der Waals surface area contributed by atoms with E-state index in [2.05, 4.69) is 41.1 Å². The second-order valence-corrected chi connectivity index (χ2v) is 6.54. The number of nitro benzene ring substituents is 1. The zero-order valence-electron chi connectivity index (χ0n) is 14.7. The Kier molecular flexibility index (Phi) is 6.14. The highest BCUT2D eigenvalue weighted by Crippen LogP contribution is 2.24. The Morgan fingerprint density at radius 2 is 2.03 bits per heavy atom. The van der Waals surface area contributed by atoms with Gasteiger partial charge in [0.05, 0.1) is 11.1 Å². The molecule has 0 saturated carbocycles. The van der Waals surface area contributed by atoms with Gasteiger partial charge in [-0.3, -0.25) is 10.1 Å². The maximum absolute atomic E-state index is 11.1. The van der Waals surface area contributed by atoms with Crippen LogP contribution in [-0.2, 0) is 6.61 Å². The van der Waals surface area contributed by atoms with Crippen LogP contribution in [0.3, 0.4) is 0 Å². The van der Waals surface area contributed by atoms with E-state index < -0.39 is 4.92 Å². The zero-order valence-corrected chi connectivity index (χ0v) is 16.3. The predicted octanol–water partition coefficient (Wildman–Crippen LogP) is 2.64. The molecule has 4 N–H and O–H groups in total. The summed E-state index contributed by atoms with van der Waals surface area (Å²) in [4.78, 5) is 10.6. The fourth-order valence-electron chi connectivity index (χ4n) is 2.20. The minimum Gasteiger partial charge on any atom is -0.488 e. The third-order valence-electron chi connectivity index (χ3n) is 3.63. The first-order chi connectivity index (χ1) is 13.9. The Labute approximate surface area is 172 Å². The predicted molar refractivity (Wildman–Crippen MR) is 109 cm³/mol. The summed E-state index contributed by atoms with van der Waals surface area (Å²) in [5.74, 6) is 0.233. The summed E-state index contributed by atoms with van der Waals surface area (Å²) >= 11 is 3.37. The van der Waals surface area contributed by atoms with E-state index in [4.69, 9.17) is 16.2 Å². The van der Waals surface area contributed by atoms with Gasteiger partial charge in [0, 0.05) is 22.2 Å². The van der Waals surface area contributed by atoms with Crippen LogP contribution in [0.2, 0.25) is 0 Å². The van der Waals surface area contributed by atoms with Crippen LogP contribution in [0.25, 0.3) is 0 Å². The number of nitro groups is 1. The number of rotatable bonds is 7. The summed E-state index contributed by atoms with van der Waals surface area (Å²) in [5, 5.41) is 25.6. The van der Waals surface area contributed by atoms with Crippen LogP contribution in [0.15, 0.2) is 61.8 Å². The first-order valence-electron chi connectivity index (χ1n) is 8.04. The summed E-state index contributed by atoms with van der Waals surface area (Å²) in [5.41, 5.74) is 12.4. The van der Waals surface area contributed by atoms with Crippen molar-refractivity contribution in [1.29, 1.82) is 0 Å². The quantitative estimate of drug-likeness (QED) is 0.235. The number of halogens is 1. The number of ether oxygens (including phenoxy) is 1. The van der Waals surface area contributed by atoms with Crippen molar-refractivity contribution in [2.75, 3.05) is 5.73 Å². The number of hydrogen-bond acceptors (Lipinski definition) is 9. The van der Waals surface area contributed by atoms with Gasteiger partial charge in [0.1, 0.15) is 12.4 Å². The highest BCUT2D eigenvalue weighted by atomic mass is 79.9. The third kappa shape index (κ3) is 5.13. The van der Waals surface area contributed by atoms with E-state index in [9.17, 15) is 10.1 Å². The van der Waals surface area contributed by atoms with Crippen LogP contribution in [0.1, 0.15) is 16.8 Å². The number of nitrogen functional groups attached to an aromatic ring is 1. The van der Waals surface area contributed by atoms with Crippen molar-refractivity contribution in [1.82, 2.24) is 10.3 Å². The van der Waals surface area contributed by atoms with Crippen molar-refractivity contribution in [2.24, 2.45) is 15.9 Å². The maximum Gasteiger partial charge on any atom is 0.270 e. The molecule has 0 radical (unpaired) electrons. The van der Waals surface area contributed by atoms with Gasteiger partial charge in [0.2, 0.25) is 0 Å². The number of aromatic nitrogens is 2. The lowest BCUT2D eigenvalue weighted by molar-refractivity contribution is -0.384. The van der Waals surface area contributed by atoms with Crippen LogP contribution in [0, 0.1) is 10.1 Å². The van der Waals surface area contributed by atoms with Crippen molar-refractivity contribution < 1.29 is 14.3 Å². The van der Waals surface area contributed by atoms with Gasteiger partial charge in [0.15, 0.2) is 17.3 Å². The molecule has 3 aromatic rings. The van der Waals surface area contributed by atoms with Gasteiger partial charge in [-0.25, -0.2) is 4.63 Å². The molecule has 0 fully saturated rings. The molecule has 0 aliphatic heterocycles. The standard InChI is InChI=1S/C17H14BrN7O4/c18-12-3-1-10(2-4-12)9-28-14-6-5-13(25(26)27)7-11(14)8-21-22-16(19)15-17(20)24-29-23-15/h1-8H,9H2,(H2,19,22)(H2,20,24). The average molecular weight is 460 g/mol. The lowest BCUT2D eigenvalue weighted by atomic mass is 10.2. The molecular formula is C17H14BrN7O4. The first-order valence-corrected chi connectivity index (χ1v) is 8.84. The van der Waals surface area contributed by atoms with Crippen LogP contribution in [0.4, 0.5) is 11.5 Å². The van der Waals surface area contributed by atoms with Crippen LogP contribution in [-0.4, -0.2) is 27.3 Å². The fourth-order valence-corrected chi connectivity index (χ4v) is 2.46. The van der Waals surface area contributed by atoms with E-state index in [-0.39, 0.29) is 29.6 Å². The van der Waals surface area contributed by atoms with E-state index in [1.165, 1.54) is 24.4 Å². The number of hydrogen-bond donors (Lipinski definition) is 2. The molecule has 1 aromatic heterocycles. The molecular weight excluding hydrogens is 446 g/mol. The molecule has 0 amide bonds. The summed E-state index contributed by atoms with van der Waals surface area (Å²) < 4.78 is 11.2. The van der Waals surface area contributed by atoms with Crippen molar-refractivity contribution in [3.63, 3.8) is 0 Å². The monoisotopic (exact) mass is 459 g/mol. The number of non-ortho nitro benzene ring substituents is 1. The number of anilines is 1.